The van der Waals surface area contributed by atoms with E-state index in [1.165, 1.54) is 19.2 Å². The molecule has 2 N–H and O–H groups in total. The molecule has 1 fully saturated rings. The molecule has 0 radical (unpaired) electrons. The molecule has 0 atom stereocenters. The van der Waals surface area contributed by atoms with Crippen LogP contribution in [-0.4, -0.2) is 39.4 Å². The summed E-state index contributed by atoms with van der Waals surface area (Å²) in [5.41, 5.74) is 0.260. The summed E-state index contributed by atoms with van der Waals surface area (Å²) in [5.74, 6) is -0.140. The van der Waals surface area contributed by atoms with Gasteiger partial charge in [0.2, 0.25) is 10.0 Å². The molecule has 1 aliphatic carbocycles. The Morgan fingerprint density at radius 2 is 2.05 bits per heavy atom. The number of ether oxygens (including phenoxy) is 1. The highest BCUT2D eigenvalue weighted by Gasteiger charge is 2.31. The Labute approximate surface area is 126 Å². The average molecular weight is 363 g/mol. The predicted octanol–water partition coefficient (Wildman–Crippen LogP) is 1.34. The van der Waals surface area contributed by atoms with Crippen LogP contribution in [-0.2, 0) is 10.0 Å². The van der Waals surface area contributed by atoms with E-state index in [1.54, 1.807) is 11.9 Å². The maximum Gasteiger partial charge on any atom is 0.253 e. The van der Waals surface area contributed by atoms with Crippen LogP contribution in [0.1, 0.15) is 23.2 Å². The molecule has 1 aromatic carbocycles. The van der Waals surface area contributed by atoms with Crippen LogP contribution in [0.2, 0.25) is 0 Å². The quantitative estimate of drug-likeness (QED) is 0.874. The van der Waals surface area contributed by atoms with Gasteiger partial charge in [0.15, 0.2) is 5.75 Å². The molecule has 0 unspecified atom stereocenters. The number of methoxy groups -OCH3 is 1. The first-order chi connectivity index (χ1) is 9.25. The number of sulfonamides is 1. The fourth-order valence-corrected chi connectivity index (χ4v) is 3.43. The SMILES string of the molecule is COc1c(Br)cc(C(=O)N(C)C2CC2)cc1S(N)(=O)=O. The van der Waals surface area contributed by atoms with E-state index in [2.05, 4.69) is 15.9 Å². The van der Waals surface area contributed by atoms with Gasteiger partial charge < -0.3 is 9.64 Å². The second kappa shape index (κ2) is 5.34. The minimum Gasteiger partial charge on any atom is -0.494 e. The highest BCUT2D eigenvalue weighted by Crippen LogP contribution is 2.34. The Morgan fingerprint density at radius 1 is 1.45 bits per heavy atom. The number of amides is 1. The van der Waals surface area contributed by atoms with Crippen LogP contribution in [0, 0.1) is 0 Å². The summed E-state index contributed by atoms with van der Waals surface area (Å²) in [7, 11) is -0.937. The molecule has 1 amide bonds. The third kappa shape index (κ3) is 2.97. The standard InChI is InChI=1S/C12H15BrN2O4S/c1-15(8-3-4-8)12(16)7-5-9(13)11(19-2)10(6-7)20(14,17)18/h5-6,8H,3-4H2,1-2H3,(H2,14,17,18). The van der Waals surface area contributed by atoms with Crippen LogP contribution in [0.5, 0.6) is 5.75 Å². The molecule has 0 heterocycles. The number of benzene rings is 1. The van der Waals surface area contributed by atoms with Gasteiger partial charge in [-0.05, 0) is 40.9 Å². The maximum absolute atomic E-state index is 12.3. The molecule has 0 saturated heterocycles. The Bertz CT molecular complexity index is 656. The van der Waals surface area contributed by atoms with Crippen molar-refractivity contribution in [3.05, 3.63) is 22.2 Å². The number of carbonyl (C=O) groups excluding carboxylic acids is 1. The van der Waals surface area contributed by atoms with Crippen molar-refractivity contribution in [2.24, 2.45) is 5.14 Å². The lowest BCUT2D eigenvalue weighted by atomic mass is 10.2. The van der Waals surface area contributed by atoms with Crippen LogP contribution >= 0.6 is 15.9 Å². The molecule has 20 heavy (non-hydrogen) atoms. The molecule has 2 rings (SSSR count). The number of nitrogens with two attached hydrogens (primary N) is 1. The maximum atomic E-state index is 12.3. The summed E-state index contributed by atoms with van der Waals surface area (Å²) in [6, 6.07) is 3.02. The van der Waals surface area contributed by atoms with Gasteiger partial charge in [0, 0.05) is 18.7 Å². The zero-order chi connectivity index (χ0) is 15.1. The van der Waals surface area contributed by atoms with Gasteiger partial charge in [-0.15, -0.1) is 0 Å². The van der Waals surface area contributed by atoms with Gasteiger partial charge in [0.1, 0.15) is 4.90 Å². The molecule has 0 aliphatic heterocycles. The molecular formula is C12H15BrN2O4S. The summed E-state index contributed by atoms with van der Waals surface area (Å²) in [6.45, 7) is 0. The Morgan fingerprint density at radius 3 is 2.50 bits per heavy atom. The summed E-state index contributed by atoms with van der Waals surface area (Å²) in [6.07, 6.45) is 1.95. The smallest absolute Gasteiger partial charge is 0.253 e. The summed E-state index contributed by atoms with van der Waals surface area (Å²) in [5, 5.41) is 5.17. The normalized spacial score (nSPS) is 15.0. The number of halogens is 1. The van der Waals surface area contributed by atoms with E-state index in [1.807, 2.05) is 0 Å². The Balaban J connectivity index is 2.50. The van der Waals surface area contributed by atoms with Crippen molar-refractivity contribution in [1.29, 1.82) is 0 Å². The minimum atomic E-state index is -3.98. The number of primary sulfonamides is 1. The molecule has 1 aliphatic rings. The minimum absolute atomic E-state index is 0.0955. The van der Waals surface area contributed by atoms with Gasteiger partial charge in [0.25, 0.3) is 5.91 Å². The van der Waals surface area contributed by atoms with Gasteiger partial charge in [-0.3, -0.25) is 4.79 Å². The molecule has 0 aromatic heterocycles. The van der Waals surface area contributed by atoms with Gasteiger partial charge >= 0.3 is 0 Å². The fourth-order valence-electron chi connectivity index (χ4n) is 1.93. The Hall–Kier alpha value is -1.12. The number of rotatable bonds is 4. The fraction of sp³-hybridized carbons (Fsp3) is 0.417. The molecule has 6 nitrogen and oxygen atoms in total. The Kier molecular flexibility index (Phi) is 4.08. The number of carbonyl (C=O) groups is 1. The lowest BCUT2D eigenvalue weighted by Gasteiger charge is -2.18. The molecule has 0 bridgehead atoms. The molecule has 8 heteroatoms. The van der Waals surface area contributed by atoms with Crippen LogP contribution in [0.3, 0.4) is 0 Å². The van der Waals surface area contributed by atoms with Gasteiger partial charge in [-0.1, -0.05) is 0 Å². The van der Waals surface area contributed by atoms with Crippen molar-refractivity contribution in [3.8, 4) is 5.75 Å². The first-order valence-electron chi connectivity index (χ1n) is 5.93. The van der Waals surface area contributed by atoms with E-state index in [0.717, 1.165) is 12.8 Å². The zero-order valence-electron chi connectivity index (χ0n) is 11.1. The molecule has 1 saturated carbocycles. The van der Waals surface area contributed by atoms with Gasteiger partial charge in [0.05, 0.1) is 11.6 Å². The van der Waals surface area contributed by atoms with Crippen LogP contribution in [0.15, 0.2) is 21.5 Å². The van der Waals surface area contributed by atoms with E-state index in [4.69, 9.17) is 9.88 Å². The van der Waals surface area contributed by atoms with Crippen molar-refractivity contribution in [2.75, 3.05) is 14.2 Å². The molecule has 1 aromatic rings. The highest BCUT2D eigenvalue weighted by molar-refractivity contribution is 9.10. The molecule has 110 valence electrons. The first kappa shape index (κ1) is 15.3. The second-order valence-corrected chi connectivity index (χ2v) is 7.07. The molecular weight excluding hydrogens is 348 g/mol. The summed E-state index contributed by atoms with van der Waals surface area (Å²) >= 11 is 3.20. The topological polar surface area (TPSA) is 89.7 Å². The predicted molar refractivity (Wildman–Crippen MR) is 77.2 cm³/mol. The van der Waals surface area contributed by atoms with Gasteiger partial charge in [-0.25, -0.2) is 13.6 Å². The average Bonchev–Trinajstić information content (AvgIpc) is 3.19. The first-order valence-corrected chi connectivity index (χ1v) is 8.27. The monoisotopic (exact) mass is 362 g/mol. The van der Waals surface area contributed by atoms with E-state index in [0.29, 0.717) is 4.47 Å². The lowest BCUT2D eigenvalue weighted by Crippen LogP contribution is -2.29. The van der Waals surface area contributed by atoms with Crippen molar-refractivity contribution in [1.82, 2.24) is 4.90 Å². The van der Waals surface area contributed by atoms with Crippen molar-refractivity contribution >= 4 is 31.9 Å². The van der Waals surface area contributed by atoms with Crippen LogP contribution in [0.25, 0.3) is 0 Å². The van der Waals surface area contributed by atoms with E-state index >= 15 is 0 Å². The summed E-state index contributed by atoms with van der Waals surface area (Å²) < 4.78 is 28.6. The molecule has 0 spiro atoms. The third-order valence-electron chi connectivity index (χ3n) is 3.18. The lowest BCUT2D eigenvalue weighted by molar-refractivity contribution is 0.0784. The van der Waals surface area contributed by atoms with Gasteiger partial charge in [-0.2, -0.15) is 0 Å². The van der Waals surface area contributed by atoms with E-state index in [9.17, 15) is 13.2 Å². The summed E-state index contributed by atoms with van der Waals surface area (Å²) in [4.78, 5) is 13.7. The number of hydrogen-bond donors (Lipinski definition) is 1. The van der Waals surface area contributed by atoms with Crippen molar-refractivity contribution < 1.29 is 17.9 Å². The van der Waals surface area contributed by atoms with E-state index < -0.39 is 10.0 Å². The zero-order valence-corrected chi connectivity index (χ0v) is 13.5. The largest absolute Gasteiger partial charge is 0.494 e. The van der Waals surface area contributed by atoms with Crippen LogP contribution < -0.4 is 9.88 Å². The third-order valence-corrected chi connectivity index (χ3v) is 4.69. The number of nitrogens with zero attached hydrogens (tertiary/aromatic N) is 1. The highest BCUT2D eigenvalue weighted by atomic mass is 79.9. The van der Waals surface area contributed by atoms with Crippen LogP contribution in [0.4, 0.5) is 0 Å². The second-order valence-electron chi connectivity index (χ2n) is 4.68. The van der Waals surface area contributed by atoms with Crippen molar-refractivity contribution in [2.45, 2.75) is 23.8 Å². The van der Waals surface area contributed by atoms with Crippen molar-refractivity contribution in [3.63, 3.8) is 0 Å². The number of hydrogen-bond acceptors (Lipinski definition) is 4. The van der Waals surface area contributed by atoms with E-state index in [-0.39, 0.29) is 28.2 Å².